The zero-order valence-electron chi connectivity index (χ0n) is 10.8. The first-order valence-electron chi connectivity index (χ1n) is 7.02. The second kappa shape index (κ2) is 6.66. The number of hydrogen-bond acceptors (Lipinski definition) is 3. The largest absolute Gasteiger partial charge is 0.310 e. The van der Waals surface area contributed by atoms with Crippen LogP contribution in [0.2, 0.25) is 0 Å². The van der Waals surface area contributed by atoms with Crippen LogP contribution in [0.5, 0.6) is 0 Å². The van der Waals surface area contributed by atoms with Gasteiger partial charge in [0.05, 0.1) is 12.0 Å². The van der Waals surface area contributed by atoms with Crippen molar-refractivity contribution in [2.45, 2.75) is 68.7 Å². The van der Waals surface area contributed by atoms with Crippen LogP contribution in [0.4, 0.5) is 0 Å². The molecule has 1 N–H and O–H groups in total. The first-order chi connectivity index (χ1) is 8.33. The normalized spacial score (nSPS) is 38.6. The molecule has 0 aromatic carbocycles. The van der Waals surface area contributed by atoms with E-state index in [1.165, 1.54) is 44.9 Å². The maximum absolute atomic E-state index is 9.19. The van der Waals surface area contributed by atoms with E-state index in [1.54, 1.807) is 0 Å². The lowest BCUT2D eigenvalue weighted by Gasteiger charge is -2.35. The van der Waals surface area contributed by atoms with E-state index in [1.807, 2.05) is 11.8 Å². The van der Waals surface area contributed by atoms with Crippen molar-refractivity contribution in [2.24, 2.45) is 5.92 Å². The quantitative estimate of drug-likeness (QED) is 0.837. The van der Waals surface area contributed by atoms with Crippen LogP contribution in [0, 0.1) is 17.2 Å². The Balaban J connectivity index is 1.84. The smallest absolute Gasteiger partial charge is 0.0672 e. The molecule has 96 valence electrons. The summed E-state index contributed by atoms with van der Waals surface area (Å²) < 4.78 is 0. The SMILES string of the molecule is CSC1CCCC(NC2CCCCC2C#N)C1. The Morgan fingerprint density at radius 2 is 1.94 bits per heavy atom. The third-order valence-electron chi connectivity index (χ3n) is 4.34. The van der Waals surface area contributed by atoms with Crippen molar-refractivity contribution in [3.8, 4) is 6.07 Å². The number of thioether (sulfide) groups is 1. The van der Waals surface area contributed by atoms with Crippen LogP contribution in [-0.4, -0.2) is 23.6 Å². The summed E-state index contributed by atoms with van der Waals surface area (Å²) in [5, 5.41) is 13.8. The molecule has 2 aliphatic rings. The molecule has 0 spiro atoms. The van der Waals surface area contributed by atoms with E-state index in [2.05, 4.69) is 17.6 Å². The summed E-state index contributed by atoms with van der Waals surface area (Å²) in [6.45, 7) is 0. The molecule has 0 aromatic rings. The average molecular weight is 252 g/mol. The summed E-state index contributed by atoms with van der Waals surface area (Å²) in [5.41, 5.74) is 0. The predicted octanol–water partition coefficient (Wildman–Crippen LogP) is 3.33. The van der Waals surface area contributed by atoms with Gasteiger partial charge in [0.2, 0.25) is 0 Å². The monoisotopic (exact) mass is 252 g/mol. The molecule has 0 heterocycles. The van der Waals surface area contributed by atoms with E-state index in [0.29, 0.717) is 12.1 Å². The Labute approximate surface area is 110 Å². The lowest BCUT2D eigenvalue weighted by Crippen LogP contribution is -2.46. The highest BCUT2D eigenvalue weighted by Gasteiger charge is 2.29. The van der Waals surface area contributed by atoms with Crippen molar-refractivity contribution in [1.29, 1.82) is 5.26 Å². The van der Waals surface area contributed by atoms with Crippen molar-refractivity contribution >= 4 is 11.8 Å². The van der Waals surface area contributed by atoms with E-state index in [4.69, 9.17) is 0 Å². The van der Waals surface area contributed by atoms with Crippen LogP contribution in [0.1, 0.15) is 51.4 Å². The summed E-state index contributed by atoms with van der Waals surface area (Å²) in [4.78, 5) is 0. The van der Waals surface area contributed by atoms with E-state index in [9.17, 15) is 5.26 Å². The van der Waals surface area contributed by atoms with Gasteiger partial charge in [-0.3, -0.25) is 0 Å². The van der Waals surface area contributed by atoms with Gasteiger partial charge in [-0.2, -0.15) is 17.0 Å². The molecule has 4 unspecified atom stereocenters. The molecule has 2 nitrogen and oxygen atoms in total. The molecule has 2 saturated carbocycles. The molecule has 0 bridgehead atoms. The van der Waals surface area contributed by atoms with E-state index in [-0.39, 0.29) is 5.92 Å². The van der Waals surface area contributed by atoms with Crippen molar-refractivity contribution in [3.63, 3.8) is 0 Å². The van der Waals surface area contributed by atoms with Crippen molar-refractivity contribution in [1.82, 2.24) is 5.32 Å². The van der Waals surface area contributed by atoms with Crippen LogP contribution in [0.15, 0.2) is 0 Å². The van der Waals surface area contributed by atoms with Gasteiger partial charge >= 0.3 is 0 Å². The fourth-order valence-corrected chi connectivity index (χ4v) is 4.13. The Morgan fingerprint density at radius 1 is 1.12 bits per heavy atom. The van der Waals surface area contributed by atoms with Crippen LogP contribution in [0.3, 0.4) is 0 Å². The third kappa shape index (κ3) is 3.63. The molecule has 0 radical (unpaired) electrons. The molecule has 2 rings (SSSR count). The summed E-state index contributed by atoms with van der Waals surface area (Å²) >= 11 is 2.01. The first-order valence-corrected chi connectivity index (χ1v) is 8.30. The van der Waals surface area contributed by atoms with Gasteiger partial charge in [-0.15, -0.1) is 0 Å². The second-order valence-electron chi connectivity index (χ2n) is 5.51. The van der Waals surface area contributed by atoms with Gasteiger partial charge in [0, 0.05) is 17.3 Å². The maximum Gasteiger partial charge on any atom is 0.0672 e. The minimum atomic E-state index is 0.262. The van der Waals surface area contributed by atoms with Gasteiger partial charge in [0.1, 0.15) is 0 Å². The summed E-state index contributed by atoms with van der Waals surface area (Å²) in [6.07, 6.45) is 12.4. The molecule has 17 heavy (non-hydrogen) atoms. The van der Waals surface area contributed by atoms with Crippen LogP contribution < -0.4 is 5.32 Å². The minimum Gasteiger partial charge on any atom is -0.310 e. The average Bonchev–Trinajstić information content (AvgIpc) is 2.39. The number of hydrogen-bond donors (Lipinski definition) is 1. The molecule has 0 aliphatic heterocycles. The Morgan fingerprint density at radius 3 is 2.71 bits per heavy atom. The molecule has 3 heteroatoms. The summed E-state index contributed by atoms with van der Waals surface area (Å²) in [6, 6.07) is 3.64. The molecule has 0 amide bonds. The van der Waals surface area contributed by atoms with E-state index < -0.39 is 0 Å². The molecule has 0 aromatic heterocycles. The van der Waals surface area contributed by atoms with Gasteiger partial charge in [0.25, 0.3) is 0 Å². The molecular weight excluding hydrogens is 228 g/mol. The highest BCUT2D eigenvalue weighted by atomic mass is 32.2. The lowest BCUT2D eigenvalue weighted by molar-refractivity contribution is 0.258. The molecular formula is C14H24N2S. The minimum absolute atomic E-state index is 0.262. The van der Waals surface area contributed by atoms with Gasteiger partial charge in [-0.1, -0.05) is 19.3 Å². The zero-order chi connectivity index (χ0) is 12.1. The number of rotatable bonds is 3. The number of nitrogens with one attached hydrogen (secondary N) is 1. The zero-order valence-corrected chi connectivity index (χ0v) is 11.6. The van der Waals surface area contributed by atoms with Crippen LogP contribution in [-0.2, 0) is 0 Å². The number of nitrogens with zero attached hydrogens (tertiary/aromatic N) is 1. The van der Waals surface area contributed by atoms with Gasteiger partial charge < -0.3 is 5.32 Å². The highest BCUT2D eigenvalue weighted by molar-refractivity contribution is 7.99. The Kier molecular flexibility index (Phi) is 5.18. The van der Waals surface area contributed by atoms with Crippen molar-refractivity contribution in [3.05, 3.63) is 0 Å². The third-order valence-corrected chi connectivity index (χ3v) is 5.44. The molecule has 4 atom stereocenters. The van der Waals surface area contributed by atoms with E-state index in [0.717, 1.165) is 11.7 Å². The van der Waals surface area contributed by atoms with E-state index >= 15 is 0 Å². The fourth-order valence-electron chi connectivity index (χ4n) is 3.30. The van der Waals surface area contributed by atoms with Crippen molar-refractivity contribution < 1.29 is 0 Å². The topological polar surface area (TPSA) is 35.8 Å². The van der Waals surface area contributed by atoms with Gasteiger partial charge in [-0.05, 0) is 38.4 Å². The summed E-state index contributed by atoms with van der Waals surface area (Å²) in [7, 11) is 0. The highest BCUT2D eigenvalue weighted by Crippen LogP contribution is 2.30. The predicted molar refractivity (Wildman–Crippen MR) is 74.1 cm³/mol. The Bertz CT molecular complexity index is 274. The standard InChI is InChI=1S/C14H24N2S/c1-17-13-7-4-6-12(9-13)16-14-8-3-2-5-11(14)10-15/h11-14,16H,2-9H2,1H3. The Hall–Kier alpha value is -0.200. The fraction of sp³-hybridized carbons (Fsp3) is 0.929. The molecule has 2 fully saturated rings. The van der Waals surface area contributed by atoms with Gasteiger partial charge in [0.15, 0.2) is 0 Å². The second-order valence-corrected chi connectivity index (χ2v) is 6.65. The lowest BCUT2D eigenvalue weighted by atomic mass is 9.84. The van der Waals surface area contributed by atoms with Gasteiger partial charge in [-0.25, -0.2) is 0 Å². The summed E-state index contributed by atoms with van der Waals surface area (Å²) in [5.74, 6) is 0.262. The molecule has 0 saturated heterocycles. The van der Waals surface area contributed by atoms with Crippen LogP contribution >= 0.6 is 11.8 Å². The van der Waals surface area contributed by atoms with Crippen LogP contribution in [0.25, 0.3) is 0 Å². The first kappa shape index (κ1) is 13.2. The molecule has 2 aliphatic carbocycles. The van der Waals surface area contributed by atoms with Crippen molar-refractivity contribution in [2.75, 3.05) is 6.26 Å². The number of nitriles is 1. The maximum atomic E-state index is 9.19.